The Bertz CT molecular complexity index is 1230. The summed E-state index contributed by atoms with van der Waals surface area (Å²) in [6.45, 7) is 1.51. The minimum atomic E-state index is -4.46. The van der Waals surface area contributed by atoms with Crippen molar-refractivity contribution >= 4 is 23.4 Å². The summed E-state index contributed by atoms with van der Waals surface area (Å²) in [6.07, 6.45) is -1.50. The molecule has 3 aromatic rings. The molecule has 3 aliphatic rings. The van der Waals surface area contributed by atoms with Crippen molar-refractivity contribution in [2.45, 2.75) is 25.1 Å². The number of ether oxygens (including phenoxy) is 1. The third kappa shape index (κ3) is 4.09. The maximum atomic E-state index is 13.4. The highest BCUT2D eigenvalue weighted by molar-refractivity contribution is 6.03. The van der Waals surface area contributed by atoms with Crippen LogP contribution < -0.4 is 19.9 Å². The topological polar surface area (TPSA) is 83.5 Å². The van der Waals surface area contributed by atoms with Gasteiger partial charge in [0.2, 0.25) is 0 Å². The van der Waals surface area contributed by atoms with Gasteiger partial charge in [-0.1, -0.05) is 12.1 Å². The van der Waals surface area contributed by atoms with E-state index in [0.717, 1.165) is 43.8 Å². The normalized spacial score (nSPS) is 15.6. The van der Waals surface area contributed by atoms with E-state index >= 15 is 0 Å². The van der Waals surface area contributed by atoms with Gasteiger partial charge < -0.3 is 9.64 Å². The van der Waals surface area contributed by atoms with Crippen LogP contribution >= 0.6 is 0 Å². The second kappa shape index (κ2) is 8.47. The second-order valence-corrected chi connectivity index (χ2v) is 8.06. The number of fused-ring (bicyclic) bond motifs is 2. The molecule has 2 bridgehead atoms. The van der Waals surface area contributed by atoms with Gasteiger partial charge in [-0.3, -0.25) is 10.2 Å². The molecule has 0 unspecified atom stereocenters. The van der Waals surface area contributed by atoms with E-state index in [0.29, 0.717) is 17.1 Å². The number of halogens is 3. The fraction of sp³-hybridized carbons (Fsp3) is 0.304. The highest BCUT2D eigenvalue weighted by Gasteiger charge is 2.37. The highest BCUT2D eigenvalue weighted by Crippen LogP contribution is 2.40. The molecule has 176 valence electrons. The molecule has 8 nitrogen and oxygen atoms in total. The zero-order chi connectivity index (χ0) is 23.9. The zero-order valence-corrected chi connectivity index (χ0v) is 18.2. The van der Waals surface area contributed by atoms with Crippen LogP contribution in [0.3, 0.4) is 0 Å². The van der Waals surface area contributed by atoms with Gasteiger partial charge in [0.1, 0.15) is 5.82 Å². The molecular formula is C23H21F3N6O2. The lowest BCUT2D eigenvalue weighted by atomic mass is 10.1. The van der Waals surface area contributed by atoms with Gasteiger partial charge in [0.15, 0.2) is 5.82 Å². The number of anilines is 3. The lowest BCUT2D eigenvalue weighted by Gasteiger charge is -2.31. The van der Waals surface area contributed by atoms with E-state index in [1.807, 2.05) is 6.07 Å². The van der Waals surface area contributed by atoms with Gasteiger partial charge in [0.25, 0.3) is 0 Å². The van der Waals surface area contributed by atoms with Crippen molar-refractivity contribution in [3.05, 3.63) is 54.2 Å². The Morgan fingerprint density at radius 3 is 2.65 bits per heavy atom. The summed E-state index contributed by atoms with van der Waals surface area (Å²) in [7, 11) is 1.43. The molecule has 6 rings (SSSR count). The number of carbonyl (C=O) groups excluding carboxylic acids is 1. The Morgan fingerprint density at radius 1 is 1.12 bits per heavy atom. The highest BCUT2D eigenvalue weighted by atomic mass is 19.4. The van der Waals surface area contributed by atoms with Crippen LogP contribution in [0.4, 0.5) is 35.3 Å². The minimum Gasteiger partial charge on any atom is -0.467 e. The van der Waals surface area contributed by atoms with Crippen LogP contribution in [0.1, 0.15) is 18.4 Å². The van der Waals surface area contributed by atoms with Crippen LogP contribution in [0.25, 0.3) is 11.3 Å². The van der Waals surface area contributed by atoms with E-state index in [1.165, 1.54) is 19.4 Å². The number of rotatable bonds is 3. The average molecular weight is 470 g/mol. The largest absolute Gasteiger partial charge is 0.467 e. The van der Waals surface area contributed by atoms with Crippen molar-refractivity contribution in [1.29, 1.82) is 0 Å². The van der Waals surface area contributed by atoms with Crippen molar-refractivity contribution in [3.8, 4) is 17.3 Å². The predicted octanol–water partition coefficient (Wildman–Crippen LogP) is 4.59. The number of amides is 2. The summed E-state index contributed by atoms with van der Waals surface area (Å²) in [5.41, 5.74) is 0.697. The van der Waals surface area contributed by atoms with Gasteiger partial charge >= 0.3 is 18.2 Å². The van der Waals surface area contributed by atoms with Gasteiger partial charge in [-0.15, -0.1) is 0 Å². The van der Waals surface area contributed by atoms with Crippen LogP contribution in [0.5, 0.6) is 6.01 Å². The Kier molecular flexibility index (Phi) is 5.46. The van der Waals surface area contributed by atoms with Crippen LogP contribution in [-0.2, 0) is 6.18 Å². The third-order valence-electron chi connectivity index (χ3n) is 6.01. The van der Waals surface area contributed by atoms with Gasteiger partial charge in [-0.2, -0.15) is 18.2 Å². The number of nitrogens with zero attached hydrogens (tertiary/aromatic N) is 5. The van der Waals surface area contributed by atoms with Crippen molar-refractivity contribution < 1.29 is 22.7 Å². The van der Waals surface area contributed by atoms with Crippen LogP contribution in [0.2, 0.25) is 0 Å². The van der Waals surface area contributed by atoms with Gasteiger partial charge in [0, 0.05) is 30.9 Å². The van der Waals surface area contributed by atoms with E-state index in [4.69, 9.17) is 4.74 Å². The van der Waals surface area contributed by atoms with Crippen LogP contribution in [-0.4, -0.2) is 47.2 Å². The monoisotopic (exact) mass is 470 g/mol. The number of alkyl halides is 3. The maximum Gasteiger partial charge on any atom is 0.416 e. The molecule has 1 N–H and O–H groups in total. The molecule has 2 amide bonds. The predicted molar refractivity (Wildman–Crippen MR) is 120 cm³/mol. The van der Waals surface area contributed by atoms with Gasteiger partial charge in [-0.05, 0) is 43.2 Å². The quantitative estimate of drug-likeness (QED) is 0.603. The molecule has 11 heteroatoms. The first-order chi connectivity index (χ1) is 16.3. The summed E-state index contributed by atoms with van der Waals surface area (Å²) in [6, 6.07) is 9.66. The lowest BCUT2D eigenvalue weighted by molar-refractivity contribution is -0.137. The molecule has 34 heavy (non-hydrogen) atoms. The second-order valence-electron chi connectivity index (χ2n) is 8.06. The van der Waals surface area contributed by atoms with Crippen molar-refractivity contribution in [2.24, 2.45) is 0 Å². The van der Waals surface area contributed by atoms with Crippen LogP contribution in [0.15, 0.2) is 48.7 Å². The molecule has 0 radical (unpaired) electrons. The van der Waals surface area contributed by atoms with E-state index in [1.54, 1.807) is 23.1 Å². The van der Waals surface area contributed by atoms with Gasteiger partial charge in [0.05, 0.1) is 24.1 Å². The summed E-state index contributed by atoms with van der Waals surface area (Å²) in [5, 5.41) is 2.77. The molecule has 1 aromatic carbocycles. The lowest BCUT2D eigenvalue weighted by Crippen LogP contribution is -2.46. The number of aromatic nitrogens is 3. The number of pyridine rings is 1. The molecule has 2 aromatic heterocycles. The summed E-state index contributed by atoms with van der Waals surface area (Å²) >= 11 is 0. The van der Waals surface area contributed by atoms with E-state index in [-0.39, 0.29) is 17.9 Å². The minimum absolute atomic E-state index is 0.106. The average Bonchev–Trinajstić information content (AvgIpc) is 3.09. The van der Waals surface area contributed by atoms with E-state index in [2.05, 4.69) is 25.2 Å². The standard InChI is InChI=1S/C23H21F3N6O2/c1-34-21-27-10-7-19(29-21)30-22(33)32-16-8-11-31(12-9-16)18-6-5-17(28-20(18)32)14-3-2-4-15(13-14)23(24,25)26/h2-7,10,13,16H,8-9,11-12H2,1H3,(H,27,29,30,33). The SMILES string of the molecule is COc1nccc(NC(=O)N2c3nc(-c4cccc(C(F)(F)F)c4)ccc3N3CCC2CC3)n1. The number of hydrogen-bond acceptors (Lipinski definition) is 6. The third-order valence-corrected chi connectivity index (χ3v) is 6.01. The number of methoxy groups -OCH3 is 1. The molecule has 1 fully saturated rings. The molecular weight excluding hydrogens is 449 g/mol. The van der Waals surface area contributed by atoms with Crippen molar-refractivity contribution in [1.82, 2.24) is 15.0 Å². The number of benzene rings is 1. The van der Waals surface area contributed by atoms with Crippen molar-refractivity contribution in [2.75, 3.05) is 35.3 Å². The zero-order valence-electron chi connectivity index (χ0n) is 18.2. The molecule has 0 atom stereocenters. The number of carbonyl (C=O) groups is 1. The summed E-state index contributed by atoms with van der Waals surface area (Å²) in [5.74, 6) is 0.681. The smallest absolute Gasteiger partial charge is 0.416 e. The molecule has 0 saturated carbocycles. The Hall–Kier alpha value is -3.89. The van der Waals surface area contributed by atoms with E-state index < -0.39 is 17.8 Å². The molecule has 1 saturated heterocycles. The fourth-order valence-corrected chi connectivity index (χ4v) is 4.36. The molecule has 0 spiro atoms. The fourth-order valence-electron chi connectivity index (χ4n) is 4.36. The Morgan fingerprint density at radius 2 is 1.91 bits per heavy atom. The Labute approximate surface area is 193 Å². The van der Waals surface area contributed by atoms with Crippen LogP contribution in [0, 0.1) is 0 Å². The number of piperidine rings is 1. The first-order valence-electron chi connectivity index (χ1n) is 10.7. The number of urea groups is 1. The molecule has 5 heterocycles. The number of nitrogens with one attached hydrogen (secondary N) is 1. The summed E-state index contributed by atoms with van der Waals surface area (Å²) in [4.78, 5) is 29.9. The molecule has 0 aliphatic carbocycles. The number of hydrogen-bond donors (Lipinski definition) is 1. The maximum absolute atomic E-state index is 13.4. The first-order valence-corrected chi connectivity index (χ1v) is 10.7. The first kappa shape index (κ1) is 21.9. The summed E-state index contributed by atoms with van der Waals surface area (Å²) < 4.78 is 44.7. The molecule has 3 aliphatic heterocycles. The van der Waals surface area contributed by atoms with Crippen molar-refractivity contribution in [3.63, 3.8) is 0 Å². The van der Waals surface area contributed by atoms with E-state index in [9.17, 15) is 18.0 Å². The Balaban J connectivity index is 1.54. The van der Waals surface area contributed by atoms with Gasteiger partial charge in [-0.25, -0.2) is 14.8 Å².